The summed E-state index contributed by atoms with van der Waals surface area (Å²) in [5.74, 6) is -0.0169. The molecule has 0 spiro atoms. The van der Waals surface area contributed by atoms with E-state index in [1.165, 1.54) is 15.6 Å². The molecule has 0 bridgehead atoms. The zero-order valence-corrected chi connectivity index (χ0v) is 12.0. The number of carbonyl (C=O) groups excluding carboxylic acids is 1. The Morgan fingerprint density at radius 2 is 2.35 bits per heavy atom. The number of hydrogen-bond donors (Lipinski definition) is 2. The molecule has 1 unspecified atom stereocenters. The quantitative estimate of drug-likeness (QED) is 0.898. The first-order valence-corrected chi connectivity index (χ1v) is 7.78. The Labute approximate surface area is 122 Å². The van der Waals surface area contributed by atoms with E-state index in [-0.39, 0.29) is 12.0 Å². The van der Waals surface area contributed by atoms with Gasteiger partial charge in [-0.15, -0.1) is 11.3 Å². The Hall–Kier alpha value is -1.43. The lowest BCUT2D eigenvalue weighted by Crippen LogP contribution is -2.48. The summed E-state index contributed by atoms with van der Waals surface area (Å²) in [7, 11) is 0. The van der Waals surface area contributed by atoms with Crippen LogP contribution in [-0.4, -0.2) is 38.3 Å². The first-order valence-electron chi connectivity index (χ1n) is 6.90. The second-order valence-electron chi connectivity index (χ2n) is 4.86. The number of amides is 1. The van der Waals surface area contributed by atoms with Crippen LogP contribution in [0, 0.1) is 0 Å². The average molecular weight is 290 g/mol. The Kier molecular flexibility index (Phi) is 4.30. The number of fused-ring (bicyclic) bond motifs is 1. The number of benzene rings is 1. The number of hydrogen-bond acceptors (Lipinski definition) is 4. The molecule has 2 aromatic rings. The van der Waals surface area contributed by atoms with Crippen molar-refractivity contribution in [1.29, 1.82) is 0 Å². The van der Waals surface area contributed by atoms with Crippen LogP contribution in [0.3, 0.4) is 0 Å². The third-order valence-corrected chi connectivity index (χ3v) is 4.49. The monoisotopic (exact) mass is 290 g/mol. The molecule has 2 N–H and O–H groups in total. The maximum absolute atomic E-state index is 11.9. The van der Waals surface area contributed by atoms with Crippen molar-refractivity contribution >= 4 is 27.3 Å². The van der Waals surface area contributed by atoms with E-state index in [9.17, 15) is 4.79 Å². The molecule has 1 aliphatic heterocycles. The molecule has 3 rings (SSSR count). The summed E-state index contributed by atoms with van der Waals surface area (Å²) in [5.41, 5.74) is 1.30. The summed E-state index contributed by atoms with van der Waals surface area (Å²) in [6, 6.07) is 8.37. The third kappa shape index (κ3) is 3.00. The van der Waals surface area contributed by atoms with Crippen LogP contribution in [-0.2, 0) is 16.0 Å². The zero-order valence-electron chi connectivity index (χ0n) is 11.2. The maximum atomic E-state index is 11.9. The van der Waals surface area contributed by atoms with Gasteiger partial charge in [-0.25, -0.2) is 0 Å². The molecule has 0 saturated carbocycles. The molecule has 1 amide bonds. The van der Waals surface area contributed by atoms with Gasteiger partial charge in [0.15, 0.2) is 0 Å². The molecule has 1 fully saturated rings. The fourth-order valence-electron chi connectivity index (χ4n) is 2.39. The van der Waals surface area contributed by atoms with E-state index < -0.39 is 0 Å². The molecule has 1 aromatic carbocycles. The molecule has 20 heavy (non-hydrogen) atoms. The Balaban J connectivity index is 1.53. The molecule has 0 radical (unpaired) electrons. The van der Waals surface area contributed by atoms with Crippen molar-refractivity contribution in [2.24, 2.45) is 0 Å². The number of morpholine rings is 1. The Morgan fingerprint density at radius 3 is 3.20 bits per heavy atom. The van der Waals surface area contributed by atoms with Crippen molar-refractivity contribution in [2.75, 3.05) is 26.2 Å². The predicted octanol–water partition coefficient (Wildman–Crippen LogP) is 1.55. The first-order chi connectivity index (χ1) is 9.84. The van der Waals surface area contributed by atoms with E-state index in [4.69, 9.17) is 4.74 Å². The van der Waals surface area contributed by atoms with E-state index in [1.807, 2.05) is 0 Å². The van der Waals surface area contributed by atoms with Crippen molar-refractivity contribution < 1.29 is 9.53 Å². The number of nitrogens with one attached hydrogen (secondary N) is 2. The van der Waals surface area contributed by atoms with Crippen molar-refractivity contribution in [1.82, 2.24) is 10.6 Å². The van der Waals surface area contributed by atoms with Gasteiger partial charge in [0.2, 0.25) is 5.91 Å². The summed E-state index contributed by atoms with van der Waals surface area (Å²) in [6.07, 6.45) is 0.513. The van der Waals surface area contributed by atoms with Crippen LogP contribution >= 0.6 is 11.3 Å². The predicted molar refractivity (Wildman–Crippen MR) is 81.1 cm³/mol. The van der Waals surface area contributed by atoms with Crippen molar-refractivity contribution in [3.8, 4) is 0 Å². The molecule has 1 saturated heterocycles. The van der Waals surface area contributed by atoms with Crippen molar-refractivity contribution in [3.05, 3.63) is 35.2 Å². The summed E-state index contributed by atoms with van der Waals surface area (Å²) in [4.78, 5) is 11.9. The SMILES string of the molecule is O=C(NCCc1csc2ccccc12)C1CNCCO1. The zero-order chi connectivity index (χ0) is 13.8. The van der Waals surface area contributed by atoms with Gasteiger partial charge in [0.1, 0.15) is 6.10 Å². The summed E-state index contributed by atoms with van der Waals surface area (Å²) < 4.78 is 6.72. The number of ether oxygens (including phenoxy) is 1. The highest BCUT2D eigenvalue weighted by molar-refractivity contribution is 7.17. The normalized spacial score (nSPS) is 19.1. The van der Waals surface area contributed by atoms with Gasteiger partial charge in [0.25, 0.3) is 0 Å². The molecule has 1 atom stereocenters. The number of rotatable bonds is 4. The summed E-state index contributed by atoms with van der Waals surface area (Å²) in [5, 5.41) is 9.59. The Bertz CT molecular complexity index is 590. The summed E-state index contributed by atoms with van der Waals surface area (Å²) >= 11 is 1.75. The highest BCUT2D eigenvalue weighted by Gasteiger charge is 2.21. The molecule has 1 aliphatic rings. The molecular weight excluding hydrogens is 272 g/mol. The van der Waals surface area contributed by atoms with Gasteiger partial charge >= 0.3 is 0 Å². The highest BCUT2D eigenvalue weighted by Crippen LogP contribution is 2.25. The van der Waals surface area contributed by atoms with Gasteiger partial charge in [-0.2, -0.15) is 0 Å². The van der Waals surface area contributed by atoms with Crippen LogP contribution in [0.4, 0.5) is 0 Å². The van der Waals surface area contributed by atoms with E-state index >= 15 is 0 Å². The van der Waals surface area contributed by atoms with Gasteiger partial charge in [-0.1, -0.05) is 18.2 Å². The molecule has 5 heteroatoms. The van der Waals surface area contributed by atoms with Crippen LogP contribution in [0.25, 0.3) is 10.1 Å². The summed E-state index contributed by atoms with van der Waals surface area (Å²) in [6.45, 7) is 2.69. The molecule has 0 aliphatic carbocycles. The molecule has 106 valence electrons. The van der Waals surface area contributed by atoms with E-state index in [0.29, 0.717) is 19.7 Å². The first kappa shape index (κ1) is 13.5. The van der Waals surface area contributed by atoms with E-state index in [2.05, 4.69) is 40.3 Å². The van der Waals surface area contributed by atoms with Crippen molar-refractivity contribution in [3.63, 3.8) is 0 Å². The molecule has 4 nitrogen and oxygen atoms in total. The van der Waals surface area contributed by atoms with Gasteiger partial charge in [-0.3, -0.25) is 4.79 Å². The van der Waals surface area contributed by atoms with Crippen molar-refractivity contribution in [2.45, 2.75) is 12.5 Å². The lowest BCUT2D eigenvalue weighted by Gasteiger charge is -2.22. The molecular formula is C15H18N2O2S. The van der Waals surface area contributed by atoms with E-state index in [1.54, 1.807) is 11.3 Å². The smallest absolute Gasteiger partial charge is 0.250 e. The Morgan fingerprint density at radius 1 is 1.45 bits per heavy atom. The second kappa shape index (κ2) is 6.35. The largest absolute Gasteiger partial charge is 0.366 e. The minimum absolute atomic E-state index is 0.0169. The van der Waals surface area contributed by atoms with Gasteiger partial charge in [-0.05, 0) is 28.8 Å². The average Bonchev–Trinajstić information content (AvgIpc) is 2.92. The van der Waals surface area contributed by atoms with Crippen LogP contribution in [0.15, 0.2) is 29.6 Å². The maximum Gasteiger partial charge on any atom is 0.250 e. The van der Waals surface area contributed by atoms with Gasteiger partial charge < -0.3 is 15.4 Å². The standard InChI is InChI=1S/C15H18N2O2S/c18-15(13-9-16-7-8-19-13)17-6-5-11-10-20-14-4-2-1-3-12(11)14/h1-4,10,13,16H,5-9H2,(H,17,18). The lowest BCUT2D eigenvalue weighted by molar-refractivity contribution is -0.134. The van der Waals surface area contributed by atoms with Crippen LogP contribution in [0.2, 0.25) is 0 Å². The topological polar surface area (TPSA) is 50.4 Å². The minimum atomic E-state index is -0.344. The molecule has 2 heterocycles. The highest BCUT2D eigenvalue weighted by atomic mass is 32.1. The van der Waals surface area contributed by atoms with Crippen LogP contribution < -0.4 is 10.6 Å². The van der Waals surface area contributed by atoms with Crippen LogP contribution in [0.1, 0.15) is 5.56 Å². The fourth-order valence-corrected chi connectivity index (χ4v) is 3.39. The fraction of sp³-hybridized carbons (Fsp3) is 0.400. The number of carbonyl (C=O) groups is 1. The third-order valence-electron chi connectivity index (χ3n) is 3.47. The minimum Gasteiger partial charge on any atom is -0.366 e. The van der Waals surface area contributed by atoms with Gasteiger partial charge in [0, 0.05) is 24.3 Å². The lowest BCUT2D eigenvalue weighted by atomic mass is 10.1. The van der Waals surface area contributed by atoms with Gasteiger partial charge in [0.05, 0.1) is 6.61 Å². The van der Waals surface area contributed by atoms with Crippen LogP contribution in [0.5, 0.6) is 0 Å². The molecule has 1 aromatic heterocycles. The second-order valence-corrected chi connectivity index (χ2v) is 5.77. The number of thiophene rings is 1. The van der Waals surface area contributed by atoms with E-state index in [0.717, 1.165) is 13.0 Å².